The van der Waals surface area contributed by atoms with Crippen LogP contribution in [-0.2, 0) is 11.3 Å². The van der Waals surface area contributed by atoms with E-state index in [0.717, 1.165) is 53.5 Å². The molecule has 12 nitrogen and oxygen atoms in total. The molecular formula is C25H28F6N6O6. The first kappa shape index (κ1) is 32.6. The second-order valence-electron chi connectivity index (χ2n) is 10.1. The van der Waals surface area contributed by atoms with Gasteiger partial charge in [0.2, 0.25) is 11.3 Å². The number of carbonyl (C=O) groups is 2. The molecule has 2 amide bonds. The zero-order valence-corrected chi connectivity index (χ0v) is 22.2. The maximum absolute atomic E-state index is 13.4. The van der Waals surface area contributed by atoms with Crippen LogP contribution in [0.2, 0.25) is 0 Å². The maximum atomic E-state index is 13.4. The summed E-state index contributed by atoms with van der Waals surface area (Å²) in [7, 11) is 1.21. The van der Waals surface area contributed by atoms with Crippen LogP contribution in [0.4, 0.5) is 26.3 Å². The lowest BCUT2D eigenvalue weighted by molar-refractivity contribution is -0.174. The van der Waals surface area contributed by atoms with Gasteiger partial charge in [-0.3, -0.25) is 9.59 Å². The van der Waals surface area contributed by atoms with Crippen molar-refractivity contribution in [2.45, 2.75) is 48.1 Å². The SMILES string of the molecule is CN1NC1(c1ccc(C(=O)NC[C@@H](O)[C@@H](O)[C@H](O)[C@H](O)CNC(=O)c2ccc(C3(C(F)(F)F)NN3)cc2)cc1)C(F)(F)F. The molecule has 43 heavy (non-hydrogen) atoms. The first-order chi connectivity index (χ1) is 19.9. The second-order valence-corrected chi connectivity index (χ2v) is 10.1. The fraction of sp³-hybridized carbons (Fsp3) is 0.440. The first-order valence-corrected chi connectivity index (χ1v) is 12.6. The van der Waals surface area contributed by atoms with Crippen molar-refractivity contribution in [1.82, 2.24) is 31.9 Å². The Morgan fingerprint density at radius 3 is 1.42 bits per heavy atom. The van der Waals surface area contributed by atoms with E-state index in [1.807, 2.05) is 10.9 Å². The summed E-state index contributed by atoms with van der Waals surface area (Å²) in [6.45, 7) is -1.24. The maximum Gasteiger partial charge on any atom is 0.426 e. The minimum atomic E-state index is -4.63. The molecular weight excluding hydrogens is 594 g/mol. The molecule has 0 aromatic heterocycles. The van der Waals surface area contributed by atoms with Gasteiger partial charge in [-0.2, -0.15) is 26.3 Å². The van der Waals surface area contributed by atoms with E-state index in [9.17, 15) is 56.4 Å². The number of benzene rings is 2. The van der Waals surface area contributed by atoms with Gasteiger partial charge >= 0.3 is 12.4 Å². The number of rotatable bonds is 11. The molecule has 2 aromatic rings. The number of aliphatic hydroxyl groups is 4. The fourth-order valence-corrected chi connectivity index (χ4v) is 4.44. The van der Waals surface area contributed by atoms with Gasteiger partial charge in [-0.25, -0.2) is 21.3 Å². The number of hydrogen-bond acceptors (Lipinski definition) is 10. The van der Waals surface area contributed by atoms with Gasteiger partial charge in [0.1, 0.15) is 12.2 Å². The van der Waals surface area contributed by atoms with Crippen LogP contribution in [-0.4, -0.2) is 94.2 Å². The summed E-state index contributed by atoms with van der Waals surface area (Å²) in [5.74, 6) is -1.62. The quantitative estimate of drug-likeness (QED) is 0.114. The van der Waals surface area contributed by atoms with E-state index in [4.69, 9.17) is 0 Å². The lowest BCUT2D eigenvalue weighted by atomic mass is 10.0. The van der Waals surface area contributed by atoms with Crippen LogP contribution in [0.1, 0.15) is 31.8 Å². The fourth-order valence-electron chi connectivity index (χ4n) is 4.44. The largest absolute Gasteiger partial charge is 0.426 e. The normalized spacial score (nSPS) is 23.9. The van der Waals surface area contributed by atoms with Crippen molar-refractivity contribution in [3.63, 3.8) is 0 Å². The molecule has 2 heterocycles. The second kappa shape index (κ2) is 11.6. The molecule has 2 aliphatic heterocycles. The van der Waals surface area contributed by atoms with Gasteiger partial charge in [0, 0.05) is 31.3 Å². The van der Waals surface area contributed by atoms with Crippen molar-refractivity contribution in [2.24, 2.45) is 0 Å². The lowest BCUT2D eigenvalue weighted by Gasteiger charge is -2.27. The highest BCUT2D eigenvalue weighted by molar-refractivity contribution is 5.94. The van der Waals surface area contributed by atoms with E-state index in [1.54, 1.807) is 0 Å². The lowest BCUT2D eigenvalue weighted by Crippen LogP contribution is -2.51. The van der Waals surface area contributed by atoms with E-state index >= 15 is 0 Å². The molecule has 2 saturated heterocycles. The van der Waals surface area contributed by atoms with Gasteiger partial charge in [-0.05, 0) is 35.4 Å². The number of nitrogens with one attached hydrogen (secondary N) is 5. The predicted octanol–water partition coefficient (Wildman–Crippen LogP) is -0.722. The Labute approximate surface area is 239 Å². The van der Waals surface area contributed by atoms with E-state index in [0.29, 0.717) is 0 Å². The van der Waals surface area contributed by atoms with Gasteiger partial charge in [0.25, 0.3) is 11.8 Å². The van der Waals surface area contributed by atoms with Gasteiger partial charge in [0.15, 0.2) is 0 Å². The Balaban J connectivity index is 1.24. The summed E-state index contributed by atoms with van der Waals surface area (Å²) < 4.78 is 79.7. The topological polar surface area (TPSA) is 208 Å². The highest BCUT2D eigenvalue weighted by Gasteiger charge is 2.69. The molecule has 0 aliphatic carbocycles. The number of hydrazine groups is 2. The minimum Gasteiger partial charge on any atom is -0.388 e. The van der Waals surface area contributed by atoms with Crippen molar-refractivity contribution >= 4 is 11.8 Å². The highest BCUT2D eigenvalue weighted by atomic mass is 19.4. The smallest absolute Gasteiger partial charge is 0.388 e. The van der Waals surface area contributed by atoms with E-state index in [1.165, 1.54) is 7.05 Å². The van der Waals surface area contributed by atoms with Crippen molar-refractivity contribution in [3.05, 3.63) is 70.8 Å². The molecule has 2 unspecified atom stereocenters. The monoisotopic (exact) mass is 622 g/mol. The molecule has 4 rings (SSSR count). The van der Waals surface area contributed by atoms with Crippen molar-refractivity contribution in [1.29, 1.82) is 0 Å². The van der Waals surface area contributed by atoms with Gasteiger partial charge in [-0.15, -0.1) is 0 Å². The van der Waals surface area contributed by atoms with Crippen LogP contribution < -0.4 is 26.9 Å². The predicted molar refractivity (Wildman–Crippen MR) is 134 cm³/mol. The van der Waals surface area contributed by atoms with E-state index < -0.39 is 73.0 Å². The number of halogens is 6. The van der Waals surface area contributed by atoms with Crippen LogP contribution in [0.25, 0.3) is 0 Å². The van der Waals surface area contributed by atoms with Crippen molar-refractivity contribution < 1.29 is 56.4 Å². The van der Waals surface area contributed by atoms with Crippen LogP contribution in [0.5, 0.6) is 0 Å². The molecule has 2 fully saturated rings. The number of amides is 2. The Hall–Kier alpha value is -3.36. The van der Waals surface area contributed by atoms with E-state index in [-0.39, 0.29) is 22.3 Å². The summed E-state index contributed by atoms with van der Waals surface area (Å²) in [6, 6.07) is 8.87. The number of hydrogen-bond donors (Lipinski definition) is 9. The number of nitrogens with zero attached hydrogens (tertiary/aromatic N) is 1. The zero-order chi connectivity index (χ0) is 32.0. The molecule has 0 saturated carbocycles. The van der Waals surface area contributed by atoms with Crippen LogP contribution in [0, 0.1) is 0 Å². The number of aliphatic hydroxyl groups excluding tert-OH is 4. The van der Waals surface area contributed by atoms with Gasteiger partial charge < -0.3 is 31.1 Å². The number of alkyl halides is 6. The Kier molecular flexibility index (Phi) is 8.80. The van der Waals surface area contributed by atoms with Crippen LogP contribution in [0.3, 0.4) is 0 Å². The standard InChI is InChI=1S/C25H28F6N6O6/c1-37-23(36-37,25(29,30)31)15-8-4-13(5-9-15)21(43)33-11-17(39)19(41)18(40)16(38)10-32-20(42)12-2-6-14(7-3-12)22(34-35-22)24(26,27)28/h2-9,16-19,34-36,38-41H,10-11H2,1H3,(H,32,42)(H,33,43)/t16-,17-,18-,19-,23?,37?/m1/s1. The molecule has 2 aliphatic rings. The molecule has 2 aromatic carbocycles. The Morgan fingerprint density at radius 2 is 1.12 bits per heavy atom. The van der Waals surface area contributed by atoms with Gasteiger partial charge in [0.05, 0.1) is 12.2 Å². The molecule has 18 heteroatoms. The molecule has 6 atom stereocenters. The van der Waals surface area contributed by atoms with Gasteiger partial charge in [-0.1, -0.05) is 24.3 Å². The Bertz CT molecular complexity index is 1320. The molecule has 0 bridgehead atoms. The van der Waals surface area contributed by atoms with Crippen molar-refractivity contribution in [2.75, 3.05) is 20.1 Å². The number of carbonyl (C=O) groups excluding carboxylic acids is 2. The average molecular weight is 623 g/mol. The van der Waals surface area contributed by atoms with E-state index in [2.05, 4.69) is 16.1 Å². The summed E-state index contributed by atoms with van der Waals surface area (Å²) in [4.78, 5) is 24.7. The summed E-state index contributed by atoms with van der Waals surface area (Å²) in [5.41, 5.74) is 1.01. The summed E-state index contributed by atoms with van der Waals surface area (Å²) in [6.07, 6.45) is -16.9. The summed E-state index contributed by atoms with van der Waals surface area (Å²) >= 11 is 0. The highest BCUT2D eigenvalue weighted by Crippen LogP contribution is 2.48. The third-order valence-electron chi connectivity index (χ3n) is 7.22. The zero-order valence-electron chi connectivity index (χ0n) is 22.2. The molecule has 0 spiro atoms. The van der Waals surface area contributed by atoms with Crippen LogP contribution >= 0.6 is 0 Å². The first-order valence-electron chi connectivity index (χ1n) is 12.6. The summed E-state index contributed by atoms with van der Waals surface area (Å²) in [5, 5.41) is 46.0. The van der Waals surface area contributed by atoms with Crippen molar-refractivity contribution in [3.8, 4) is 0 Å². The minimum absolute atomic E-state index is 0.0550. The average Bonchev–Trinajstić information content (AvgIpc) is 3.88. The van der Waals surface area contributed by atoms with Crippen LogP contribution in [0.15, 0.2) is 48.5 Å². The third-order valence-corrected chi connectivity index (χ3v) is 7.22. The molecule has 236 valence electrons. The molecule has 0 radical (unpaired) electrons. The third kappa shape index (κ3) is 6.31. The molecule has 9 N–H and O–H groups in total. The Morgan fingerprint density at radius 1 is 0.744 bits per heavy atom.